The van der Waals surface area contributed by atoms with Gasteiger partial charge in [0.25, 0.3) is 5.91 Å². The summed E-state index contributed by atoms with van der Waals surface area (Å²) in [6.07, 6.45) is 3.53. The monoisotopic (exact) mass is 389 g/mol. The van der Waals surface area contributed by atoms with E-state index in [1.807, 2.05) is 4.90 Å². The lowest BCUT2D eigenvalue weighted by Crippen LogP contribution is -2.51. The van der Waals surface area contributed by atoms with Crippen LogP contribution in [0.4, 0.5) is 4.79 Å². The first kappa shape index (κ1) is 20.1. The zero-order valence-electron chi connectivity index (χ0n) is 16.6. The van der Waals surface area contributed by atoms with Gasteiger partial charge in [0.15, 0.2) is 0 Å². The highest BCUT2D eigenvalue weighted by molar-refractivity contribution is 5.94. The summed E-state index contributed by atoms with van der Waals surface area (Å²) in [7, 11) is 1.30. The maximum Gasteiger partial charge on any atom is 0.410 e. The van der Waals surface area contributed by atoms with Gasteiger partial charge >= 0.3 is 12.1 Å². The molecular weight excluding hydrogens is 362 g/mol. The molecule has 8 heteroatoms. The number of pyridine rings is 1. The van der Waals surface area contributed by atoms with Gasteiger partial charge in [-0.3, -0.25) is 14.7 Å². The van der Waals surface area contributed by atoms with E-state index in [1.54, 1.807) is 4.90 Å². The Morgan fingerprint density at radius 1 is 1.32 bits per heavy atom. The van der Waals surface area contributed by atoms with Crippen LogP contribution in [0, 0.1) is 5.92 Å². The zero-order chi connectivity index (χ0) is 20.3. The second-order valence-electron chi connectivity index (χ2n) is 7.38. The molecular formula is C20H27N3O5. The molecule has 0 radical (unpaired) electrons. The minimum Gasteiger partial charge on any atom is -0.465 e. The highest BCUT2D eigenvalue weighted by Gasteiger charge is 2.41. The highest BCUT2D eigenvalue weighted by Crippen LogP contribution is 2.29. The van der Waals surface area contributed by atoms with Crippen LogP contribution in [0.2, 0.25) is 0 Å². The molecule has 0 N–H and O–H groups in total. The van der Waals surface area contributed by atoms with Crippen molar-refractivity contribution in [1.82, 2.24) is 14.8 Å². The molecule has 2 saturated heterocycles. The maximum absolute atomic E-state index is 12.7. The summed E-state index contributed by atoms with van der Waals surface area (Å²) >= 11 is 0. The first-order valence-corrected chi connectivity index (χ1v) is 9.75. The summed E-state index contributed by atoms with van der Waals surface area (Å²) in [5.74, 6) is -0.276. The Labute approximate surface area is 164 Å². The maximum atomic E-state index is 12.7. The fourth-order valence-electron chi connectivity index (χ4n) is 3.85. The van der Waals surface area contributed by atoms with Gasteiger partial charge in [0.1, 0.15) is 12.3 Å². The molecule has 0 saturated carbocycles. The first-order valence-electron chi connectivity index (χ1n) is 9.75. The molecule has 28 heavy (non-hydrogen) atoms. The Morgan fingerprint density at radius 3 is 2.61 bits per heavy atom. The smallest absolute Gasteiger partial charge is 0.410 e. The Morgan fingerprint density at radius 2 is 2.04 bits per heavy atom. The van der Waals surface area contributed by atoms with Crippen LogP contribution in [0.1, 0.15) is 54.0 Å². The van der Waals surface area contributed by atoms with Gasteiger partial charge in [0.05, 0.1) is 18.7 Å². The molecule has 1 aromatic heterocycles. The number of hydrogen-bond acceptors (Lipinski definition) is 6. The van der Waals surface area contributed by atoms with E-state index >= 15 is 0 Å². The quantitative estimate of drug-likeness (QED) is 0.718. The largest absolute Gasteiger partial charge is 0.465 e. The van der Waals surface area contributed by atoms with Crippen molar-refractivity contribution in [2.24, 2.45) is 5.92 Å². The molecule has 2 unspecified atom stereocenters. The van der Waals surface area contributed by atoms with Crippen LogP contribution in [0.25, 0.3) is 0 Å². The summed E-state index contributed by atoms with van der Waals surface area (Å²) in [6.45, 7) is 5.82. The summed E-state index contributed by atoms with van der Waals surface area (Å²) in [4.78, 5) is 44.1. The summed E-state index contributed by atoms with van der Waals surface area (Å²) in [6, 6.07) is 3.28. The topological polar surface area (TPSA) is 89.0 Å². The van der Waals surface area contributed by atoms with Gasteiger partial charge in [-0.05, 0) is 30.9 Å². The van der Waals surface area contributed by atoms with Gasteiger partial charge in [0, 0.05) is 25.3 Å². The Balaban J connectivity index is 1.61. The molecule has 152 valence electrons. The van der Waals surface area contributed by atoms with Crippen molar-refractivity contribution < 1.29 is 23.9 Å². The fraction of sp³-hybridized carbons (Fsp3) is 0.600. The predicted molar refractivity (Wildman–Crippen MR) is 101 cm³/mol. The molecule has 0 aliphatic carbocycles. The number of hydrogen-bond donors (Lipinski definition) is 0. The van der Waals surface area contributed by atoms with E-state index in [9.17, 15) is 14.4 Å². The molecule has 8 nitrogen and oxygen atoms in total. The molecule has 0 aromatic carbocycles. The molecule has 0 bridgehead atoms. The van der Waals surface area contributed by atoms with Gasteiger partial charge in [-0.1, -0.05) is 20.3 Å². The number of nitrogens with zero attached hydrogens (tertiary/aromatic N) is 3. The minimum absolute atomic E-state index is 0.0905. The van der Waals surface area contributed by atoms with Gasteiger partial charge in [-0.2, -0.15) is 0 Å². The van der Waals surface area contributed by atoms with Crippen molar-refractivity contribution in [3.05, 3.63) is 29.6 Å². The molecule has 3 rings (SSSR count). The van der Waals surface area contributed by atoms with Gasteiger partial charge in [-0.25, -0.2) is 9.59 Å². The van der Waals surface area contributed by atoms with Crippen LogP contribution in [-0.2, 0) is 9.47 Å². The number of aromatic nitrogens is 1. The number of rotatable bonds is 5. The third kappa shape index (κ3) is 3.95. The third-order valence-corrected chi connectivity index (χ3v) is 5.80. The summed E-state index contributed by atoms with van der Waals surface area (Å²) in [5.41, 5.74) is 0.602. The third-order valence-electron chi connectivity index (χ3n) is 5.80. The summed E-state index contributed by atoms with van der Waals surface area (Å²) < 4.78 is 9.94. The second-order valence-corrected chi connectivity index (χ2v) is 7.38. The Bertz CT molecular complexity index is 728. The molecule has 2 fully saturated rings. The normalized spacial score (nSPS) is 21.4. The fourth-order valence-corrected chi connectivity index (χ4v) is 3.85. The lowest BCUT2D eigenvalue weighted by atomic mass is 9.95. The van der Waals surface area contributed by atoms with Crippen molar-refractivity contribution in [2.45, 2.75) is 45.2 Å². The van der Waals surface area contributed by atoms with E-state index in [1.165, 1.54) is 25.4 Å². The lowest BCUT2D eigenvalue weighted by Gasteiger charge is -2.39. The van der Waals surface area contributed by atoms with E-state index in [2.05, 4.69) is 23.6 Å². The van der Waals surface area contributed by atoms with Crippen molar-refractivity contribution in [2.75, 3.05) is 26.8 Å². The number of carbonyl (C=O) groups excluding carboxylic acids is 3. The van der Waals surface area contributed by atoms with Crippen LogP contribution in [0.3, 0.4) is 0 Å². The van der Waals surface area contributed by atoms with Gasteiger partial charge < -0.3 is 14.4 Å². The molecule has 2 amide bonds. The molecule has 2 aliphatic heterocycles. The van der Waals surface area contributed by atoms with Crippen LogP contribution < -0.4 is 0 Å². The van der Waals surface area contributed by atoms with Crippen LogP contribution in [0.15, 0.2) is 18.3 Å². The van der Waals surface area contributed by atoms with Crippen molar-refractivity contribution in [3.63, 3.8) is 0 Å². The molecule has 0 spiro atoms. The average molecular weight is 389 g/mol. The van der Waals surface area contributed by atoms with Crippen molar-refractivity contribution >= 4 is 18.0 Å². The predicted octanol–water partition coefficient (Wildman–Crippen LogP) is 2.34. The van der Waals surface area contributed by atoms with E-state index in [4.69, 9.17) is 4.74 Å². The number of piperidine rings is 1. The number of ether oxygens (including phenoxy) is 2. The van der Waals surface area contributed by atoms with Crippen LogP contribution in [0.5, 0.6) is 0 Å². The van der Waals surface area contributed by atoms with Gasteiger partial charge in [-0.15, -0.1) is 0 Å². The number of cyclic esters (lactones) is 1. The SMILES string of the molecule is CCC(C)C1COC(=O)N1C1CCN(C(=O)c2ccc(C(=O)OC)cn2)CC1. The molecule has 2 atom stereocenters. The molecule has 2 aliphatic rings. The minimum atomic E-state index is -0.485. The van der Waals surface area contributed by atoms with E-state index in [-0.39, 0.29) is 24.1 Å². The van der Waals surface area contributed by atoms with E-state index in [0.29, 0.717) is 49.7 Å². The Hall–Kier alpha value is -2.64. The van der Waals surface area contributed by atoms with Crippen molar-refractivity contribution in [1.29, 1.82) is 0 Å². The number of amides is 2. The Kier molecular flexibility index (Phi) is 6.16. The van der Waals surface area contributed by atoms with Crippen LogP contribution in [-0.4, -0.2) is 71.6 Å². The average Bonchev–Trinajstić information content (AvgIpc) is 3.13. The number of esters is 1. The lowest BCUT2D eigenvalue weighted by molar-refractivity contribution is 0.0588. The van der Waals surface area contributed by atoms with E-state index in [0.717, 1.165) is 6.42 Å². The van der Waals surface area contributed by atoms with Crippen molar-refractivity contribution in [3.8, 4) is 0 Å². The number of methoxy groups -OCH3 is 1. The highest BCUT2D eigenvalue weighted by atomic mass is 16.6. The summed E-state index contributed by atoms with van der Waals surface area (Å²) in [5, 5.41) is 0. The van der Waals surface area contributed by atoms with Crippen LogP contribution >= 0.6 is 0 Å². The molecule has 1 aromatic rings. The van der Waals surface area contributed by atoms with E-state index < -0.39 is 5.97 Å². The first-order chi connectivity index (χ1) is 13.5. The molecule has 3 heterocycles. The van der Waals surface area contributed by atoms with Gasteiger partial charge in [0.2, 0.25) is 0 Å². The second kappa shape index (κ2) is 8.58. The number of likely N-dealkylation sites (tertiary alicyclic amines) is 1. The number of carbonyl (C=O) groups is 3. The zero-order valence-corrected chi connectivity index (χ0v) is 16.6. The standard InChI is InChI=1S/C20H27N3O5/c1-4-13(2)17-12-28-20(26)23(17)15-7-9-22(10-8-15)18(24)16-6-5-14(11-21-16)19(25)27-3/h5-6,11,13,15,17H,4,7-10,12H2,1-3H3.